The molecule has 0 radical (unpaired) electrons. The van der Waals surface area contributed by atoms with E-state index < -0.39 is 0 Å². The van der Waals surface area contributed by atoms with Gasteiger partial charge in [0.2, 0.25) is 6.79 Å². The van der Waals surface area contributed by atoms with Crippen molar-refractivity contribution in [1.29, 1.82) is 0 Å². The first-order valence-corrected chi connectivity index (χ1v) is 9.46. The molecule has 4 rings (SSSR count). The molecule has 6 nitrogen and oxygen atoms in total. The third-order valence-electron chi connectivity index (χ3n) is 5.14. The Labute approximate surface area is 149 Å². The second-order valence-corrected chi connectivity index (χ2v) is 7.14. The fourth-order valence-electron chi connectivity index (χ4n) is 3.59. The van der Waals surface area contributed by atoms with Crippen LogP contribution in [0, 0.1) is 5.92 Å². The maximum atomic E-state index is 5.44. The van der Waals surface area contributed by atoms with Gasteiger partial charge in [0.15, 0.2) is 17.5 Å². The largest absolute Gasteiger partial charge is 0.454 e. The number of benzene rings is 1. The smallest absolute Gasteiger partial charge is 0.231 e. The van der Waals surface area contributed by atoms with Gasteiger partial charge in [-0.1, -0.05) is 6.07 Å². The van der Waals surface area contributed by atoms with E-state index in [1.54, 1.807) is 0 Å². The van der Waals surface area contributed by atoms with E-state index in [2.05, 4.69) is 22.5 Å². The second-order valence-electron chi connectivity index (χ2n) is 7.14. The van der Waals surface area contributed by atoms with E-state index in [0.29, 0.717) is 13.3 Å². The third kappa shape index (κ3) is 4.18. The van der Waals surface area contributed by atoms with Crippen LogP contribution in [0.1, 0.15) is 31.7 Å². The summed E-state index contributed by atoms with van der Waals surface area (Å²) in [5.74, 6) is 3.26. The number of hydrogen-bond acceptors (Lipinski definition) is 4. The topological polar surface area (TPSA) is 58.1 Å². The molecule has 2 heterocycles. The molecule has 2 aliphatic heterocycles. The lowest BCUT2D eigenvalue weighted by molar-refractivity contribution is 0.174. The summed E-state index contributed by atoms with van der Waals surface area (Å²) in [6.07, 6.45) is 4.10. The van der Waals surface area contributed by atoms with Crippen LogP contribution in [0.5, 0.6) is 11.5 Å². The Balaban J connectivity index is 1.30. The molecule has 2 N–H and O–H groups in total. The van der Waals surface area contributed by atoms with Crippen molar-refractivity contribution in [3.05, 3.63) is 23.8 Å². The molecule has 0 aromatic heterocycles. The van der Waals surface area contributed by atoms with Gasteiger partial charge >= 0.3 is 0 Å². The SMILES string of the molecule is CCNC(=NCc1ccc2c(c1)OCO2)NCC1CCN(C2CC2)C1. The molecular weight excluding hydrogens is 316 g/mol. The monoisotopic (exact) mass is 344 g/mol. The zero-order chi connectivity index (χ0) is 17.1. The number of likely N-dealkylation sites (tertiary alicyclic amines) is 1. The summed E-state index contributed by atoms with van der Waals surface area (Å²) in [4.78, 5) is 7.38. The molecular formula is C19H28N4O2. The first-order valence-electron chi connectivity index (χ1n) is 9.46. The number of rotatable bonds is 6. The molecule has 1 aliphatic carbocycles. The quantitative estimate of drug-likeness (QED) is 0.610. The number of ether oxygens (including phenoxy) is 2. The Kier molecular flexibility index (Phi) is 4.97. The third-order valence-corrected chi connectivity index (χ3v) is 5.14. The lowest BCUT2D eigenvalue weighted by atomic mass is 10.1. The lowest BCUT2D eigenvalue weighted by Crippen LogP contribution is -2.40. The number of nitrogens with one attached hydrogen (secondary N) is 2. The molecule has 136 valence electrons. The minimum Gasteiger partial charge on any atom is -0.454 e. The number of guanidine groups is 1. The van der Waals surface area contributed by atoms with Crippen LogP contribution in [-0.2, 0) is 6.54 Å². The Morgan fingerprint density at radius 3 is 2.92 bits per heavy atom. The van der Waals surface area contributed by atoms with Gasteiger partial charge in [0.05, 0.1) is 6.54 Å². The van der Waals surface area contributed by atoms with Gasteiger partial charge in [-0.25, -0.2) is 4.99 Å². The summed E-state index contributed by atoms with van der Waals surface area (Å²) in [6, 6.07) is 6.90. The highest BCUT2D eigenvalue weighted by Crippen LogP contribution is 2.33. The van der Waals surface area contributed by atoms with Crippen LogP contribution in [-0.4, -0.2) is 49.9 Å². The van der Waals surface area contributed by atoms with Crippen LogP contribution in [0.25, 0.3) is 0 Å². The van der Waals surface area contributed by atoms with Crippen LogP contribution in [0.4, 0.5) is 0 Å². The van der Waals surface area contributed by atoms with Gasteiger partial charge in [-0.2, -0.15) is 0 Å². The van der Waals surface area contributed by atoms with E-state index in [1.165, 1.54) is 32.4 Å². The minimum atomic E-state index is 0.311. The zero-order valence-electron chi connectivity index (χ0n) is 15.0. The first kappa shape index (κ1) is 16.5. The summed E-state index contributed by atoms with van der Waals surface area (Å²) >= 11 is 0. The van der Waals surface area contributed by atoms with Crippen molar-refractivity contribution in [2.75, 3.05) is 33.0 Å². The maximum Gasteiger partial charge on any atom is 0.231 e. The molecule has 1 saturated carbocycles. The zero-order valence-corrected chi connectivity index (χ0v) is 15.0. The number of nitrogens with zero attached hydrogens (tertiary/aromatic N) is 2. The van der Waals surface area contributed by atoms with Crippen molar-refractivity contribution in [3.63, 3.8) is 0 Å². The lowest BCUT2D eigenvalue weighted by Gasteiger charge is -2.17. The van der Waals surface area contributed by atoms with Gasteiger partial charge in [0, 0.05) is 25.7 Å². The van der Waals surface area contributed by atoms with Crippen molar-refractivity contribution in [2.45, 2.75) is 38.8 Å². The molecule has 2 fully saturated rings. The van der Waals surface area contributed by atoms with Gasteiger partial charge in [-0.3, -0.25) is 0 Å². The average Bonchev–Trinajstić information content (AvgIpc) is 3.19. The summed E-state index contributed by atoms with van der Waals surface area (Å²) in [7, 11) is 0. The molecule has 25 heavy (non-hydrogen) atoms. The molecule has 0 spiro atoms. The van der Waals surface area contributed by atoms with Gasteiger partial charge in [0.25, 0.3) is 0 Å². The maximum absolute atomic E-state index is 5.44. The van der Waals surface area contributed by atoms with Crippen LogP contribution in [0.15, 0.2) is 23.2 Å². The predicted octanol–water partition coefficient (Wildman–Crippen LogP) is 1.95. The fraction of sp³-hybridized carbons (Fsp3) is 0.632. The van der Waals surface area contributed by atoms with Crippen molar-refractivity contribution < 1.29 is 9.47 Å². The second kappa shape index (κ2) is 7.52. The Bertz CT molecular complexity index is 630. The number of aliphatic imine (C=N–C) groups is 1. The highest BCUT2D eigenvalue weighted by Gasteiger charge is 2.34. The molecule has 1 saturated heterocycles. The van der Waals surface area contributed by atoms with E-state index in [0.717, 1.165) is 48.1 Å². The molecule has 0 amide bonds. The van der Waals surface area contributed by atoms with E-state index >= 15 is 0 Å². The van der Waals surface area contributed by atoms with E-state index in [-0.39, 0.29) is 0 Å². The standard InChI is InChI=1S/C19H28N4O2/c1-2-20-19(22-11-15-7-8-23(12-15)16-4-5-16)21-10-14-3-6-17-18(9-14)25-13-24-17/h3,6,9,15-16H,2,4-5,7-8,10-13H2,1H3,(H2,20,21,22). The van der Waals surface area contributed by atoms with Crippen LogP contribution in [0.2, 0.25) is 0 Å². The van der Waals surface area contributed by atoms with E-state index in [4.69, 9.17) is 14.5 Å². The highest BCUT2D eigenvalue weighted by atomic mass is 16.7. The number of fused-ring (bicyclic) bond motifs is 1. The Morgan fingerprint density at radius 2 is 2.08 bits per heavy atom. The highest BCUT2D eigenvalue weighted by molar-refractivity contribution is 5.79. The van der Waals surface area contributed by atoms with Crippen LogP contribution < -0.4 is 20.1 Å². The van der Waals surface area contributed by atoms with Crippen molar-refractivity contribution in [3.8, 4) is 11.5 Å². The molecule has 1 aromatic carbocycles. The van der Waals surface area contributed by atoms with Crippen molar-refractivity contribution in [2.24, 2.45) is 10.9 Å². The normalized spacial score (nSPS) is 23.1. The van der Waals surface area contributed by atoms with Crippen LogP contribution in [0.3, 0.4) is 0 Å². The molecule has 3 aliphatic rings. The Morgan fingerprint density at radius 1 is 1.20 bits per heavy atom. The molecule has 1 unspecified atom stereocenters. The van der Waals surface area contributed by atoms with Crippen molar-refractivity contribution >= 4 is 5.96 Å². The van der Waals surface area contributed by atoms with Gasteiger partial charge in [-0.05, 0) is 56.3 Å². The summed E-state index contributed by atoms with van der Waals surface area (Å²) in [6.45, 7) is 7.40. The molecule has 6 heteroatoms. The summed E-state index contributed by atoms with van der Waals surface area (Å²) in [5, 5.41) is 6.87. The number of hydrogen-bond donors (Lipinski definition) is 2. The predicted molar refractivity (Wildman–Crippen MR) is 98.1 cm³/mol. The minimum absolute atomic E-state index is 0.311. The van der Waals surface area contributed by atoms with Crippen molar-refractivity contribution in [1.82, 2.24) is 15.5 Å². The summed E-state index contributed by atoms with van der Waals surface area (Å²) < 4.78 is 10.8. The van der Waals surface area contributed by atoms with Gasteiger partial charge in [0.1, 0.15) is 0 Å². The fourth-order valence-corrected chi connectivity index (χ4v) is 3.59. The molecule has 0 bridgehead atoms. The summed E-state index contributed by atoms with van der Waals surface area (Å²) in [5.41, 5.74) is 1.13. The first-order chi connectivity index (χ1) is 12.3. The van der Waals surface area contributed by atoms with Gasteiger partial charge in [-0.15, -0.1) is 0 Å². The van der Waals surface area contributed by atoms with Gasteiger partial charge < -0.3 is 25.0 Å². The molecule has 1 atom stereocenters. The average molecular weight is 344 g/mol. The van der Waals surface area contributed by atoms with E-state index in [9.17, 15) is 0 Å². The van der Waals surface area contributed by atoms with Crippen LogP contribution >= 0.6 is 0 Å². The molecule has 1 aromatic rings. The Hall–Kier alpha value is -1.95. The van der Waals surface area contributed by atoms with E-state index in [1.807, 2.05) is 18.2 Å².